The Balaban J connectivity index is 1.91. The van der Waals surface area contributed by atoms with Crippen molar-refractivity contribution >= 4 is 21.6 Å². The molecule has 0 radical (unpaired) electrons. The number of anilines is 1. The standard InChI is InChI=1S/C17H20N2O5S/c1-23-15-9-8-13(12-16(15)24-2)17(20)18-10-11-25(21,22)19-14-6-4-3-5-7-14/h3-9,12,19H,10-11H2,1-2H3,(H,18,20). The Hall–Kier alpha value is -2.74. The molecule has 25 heavy (non-hydrogen) atoms. The van der Waals surface area contributed by atoms with Crippen molar-refractivity contribution in [2.24, 2.45) is 0 Å². The monoisotopic (exact) mass is 364 g/mol. The number of benzene rings is 2. The molecule has 0 saturated carbocycles. The zero-order valence-corrected chi connectivity index (χ0v) is 14.8. The van der Waals surface area contributed by atoms with E-state index in [2.05, 4.69) is 10.0 Å². The molecule has 0 fully saturated rings. The van der Waals surface area contributed by atoms with Gasteiger partial charge in [-0.1, -0.05) is 18.2 Å². The average Bonchev–Trinajstić information content (AvgIpc) is 2.61. The molecule has 8 heteroatoms. The molecule has 0 atom stereocenters. The third-order valence-corrected chi connectivity index (χ3v) is 4.64. The highest BCUT2D eigenvalue weighted by Crippen LogP contribution is 2.27. The molecule has 0 heterocycles. The van der Waals surface area contributed by atoms with Crippen LogP contribution in [0.3, 0.4) is 0 Å². The minimum absolute atomic E-state index is 0.0185. The van der Waals surface area contributed by atoms with Gasteiger partial charge in [-0.15, -0.1) is 0 Å². The second kappa shape index (κ2) is 8.39. The maximum atomic E-state index is 12.1. The van der Waals surface area contributed by atoms with Gasteiger partial charge < -0.3 is 14.8 Å². The van der Waals surface area contributed by atoms with Crippen molar-refractivity contribution in [3.05, 3.63) is 54.1 Å². The summed E-state index contributed by atoms with van der Waals surface area (Å²) in [7, 11) is -0.570. The minimum Gasteiger partial charge on any atom is -0.493 e. The molecule has 0 unspecified atom stereocenters. The van der Waals surface area contributed by atoms with Gasteiger partial charge in [0.15, 0.2) is 11.5 Å². The summed E-state index contributed by atoms with van der Waals surface area (Å²) in [4.78, 5) is 12.1. The molecular formula is C17H20N2O5S. The largest absolute Gasteiger partial charge is 0.493 e. The molecule has 2 aromatic rings. The Labute approximate surface area is 147 Å². The SMILES string of the molecule is COc1ccc(C(=O)NCCS(=O)(=O)Nc2ccccc2)cc1OC. The van der Waals surface area contributed by atoms with Gasteiger partial charge in [-0.2, -0.15) is 0 Å². The van der Waals surface area contributed by atoms with E-state index in [0.29, 0.717) is 22.7 Å². The number of hydrogen-bond acceptors (Lipinski definition) is 5. The van der Waals surface area contributed by atoms with Gasteiger partial charge in [0.1, 0.15) is 0 Å². The number of sulfonamides is 1. The van der Waals surface area contributed by atoms with E-state index in [-0.39, 0.29) is 12.3 Å². The van der Waals surface area contributed by atoms with E-state index in [1.165, 1.54) is 20.3 Å². The van der Waals surface area contributed by atoms with Crippen molar-refractivity contribution in [2.75, 3.05) is 31.2 Å². The van der Waals surface area contributed by atoms with Gasteiger partial charge in [-0.05, 0) is 30.3 Å². The number of carbonyl (C=O) groups excluding carboxylic acids is 1. The molecule has 7 nitrogen and oxygen atoms in total. The van der Waals surface area contributed by atoms with Crippen LogP contribution in [0.15, 0.2) is 48.5 Å². The van der Waals surface area contributed by atoms with E-state index in [0.717, 1.165) is 0 Å². The molecule has 0 aliphatic rings. The number of nitrogens with one attached hydrogen (secondary N) is 2. The lowest BCUT2D eigenvalue weighted by Crippen LogP contribution is -2.31. The van der Waals surface area contributed by atoms with Crippen LogP contribution < -0.4 is 19.5 Å². The van der Waals surface area contributed by atoms with Crippen molar-refractivity contribution in [1.29, 1.82) is 0 Å². The van der Waals surface area contributed by atoms with Gasteiger partial charge in [-0.3, -0.25) is 9.52 Å². The summed E-state index contributed by atoms with van der Waals surface area (Å²) in [6.07, 6.45) is 0. The van der Waals surface area contributed by atoms with Gasteiger partial charge >= 0.3 is 0 Å². The summed E-state index contributed by atoms with van der Waals surface area (Å²) in [5, 5.41) is 2.58. The number of carbonyl (C=O) groups is 1. The fraction of sp³-hybridized carbons (Fsp3) is 0.235. The molecule has 0 bridgehead atoms. The van der Waals surface area contributed by atoms with Crippen LogP contribution in [0.4, 0.5) is 5.69 Å². The normalized spacial score (nSPS) is 10.8. The third kappa shape index (κ3) is 5.39. The summed E-state index contributed by atoms with van der Waals surface area (Å²) >= 11 is 0. The van der Waals surface area contributed by atoms with Crippen LogP contribution in [-0.2, 0) is 10.0 Å². The predicted molar refractivity (Wildman–Crippen MR) is 95.7 cm³/mol. The van der Waals surface area contributed by atoms with Crippen LogP contribution in [0.2, 0.25) is 0 Å². The maximum Gasteiger partial charge on any atom is 0.251 e. The summed E-state index contributed by atoms with van der Waals surface area (Å²) in [6.45, 7) is -0.0185. The van der Waals surface area contributed by atoms with Crippen molar-refractivity contribution in [3.8, 4) is 11.5 Å². The Morgan fingerprint density at radius 1 is 1.00 bits per heavy atom. The van der Waals surface area contributed by atoms with Gasteiger partial charge in [0.2, 0.25) is 10.0 Å². The Morgan fingerprint density at radius 2 is 1.68 bits per heavy atom. The third-order valence-electron chi connectivity index (χ3n) is 3.35. The van der Waals surface area contributed by atoms with Crippen LogP contribution in [0.5, 0.6) is 11.5 Å². The molecule has 2 N–H and O–H groups in total. The number of amides is 1. The Bertz CT molecular complexity index is 822. The molecular weight excluding hydrogens is 344 g/mol. The van der Waals surface area contributed by atoms with Gasteiger partial charge in [0, 0.05) is 17.8 Å². The molecule has 0 aliphatic carbocycles. The molecule has 2 aromatic carbocycles. The number of para-hydroxylation sites is 1. The highest BCUT2D eigenvalue weighted by molar-refractivity contribution is 7.92. The lowest BCUT2D eigenvalue weighted by Gasteiger charge is -2.11. The lowest BCUT2D eigenvalue weighted by molar-refractivity contribution is 0.0955. The predicted octanol–water partition coefficient (Wildman–Crippen LogP) is 1.88. The van der Waals surface area contributed by atoms with E-state index < -0.39 is 15.9 Å². The van der Waals surface area contributed by atoms with Crippen molar-refractivity contribution < 1.29 is 22.7 Å². The van der Waals surface area contributed by atoms with Crippen LogP contribution in [0.1, 0.15) is 10.4 Å². The van der Waals surface area contributed by atoms with Crippen molar-refractivity contribution in [2.45, 2.75) is 0 Å². The topological polar surface area (TPSA) is 93.7 Å². The fourth-order valence-corrected chi connectivity index (χ4v) is 3.08. The van der Waals surface area contributed by atoms with Gasteiger partial charge in [0.25, 0.3) is 5.91 Å². The smallest absolute Gasteiger partial charge is 0.251 e. The van der Waals surface area contributed by atoms with Gasteiger partial charge in [0.05, 0.1) is 20.0 Å². The van der Waals surface area contributed by atoms with Crippen LogP contribution in [0.25, 0.3) is 0 Å². The molecule has 0 aromatic heterocycles. The number of rotatable bonds is 8. The molecule has 1 amide bonds. The molecule has 0 saturated heterocycles. The molecule has 2 rings (SSSR count). The fourth-order valence-electron chi connectivity index (χ4n) is 2.12. The van der Waals surface area contributed by atoms with E-state index in [1.54, 1.807) is 42.5 Å². The number of ether oxygens (including phenoxy) is 2. The first-order valence-electron chi connectivity index (χ1n) is 7.51. The number of methoxy groups -OCH3 is 2. The minimum atomic E-state index is -3.55. The highest BCUT2D eigenvalue weighted by atomic mass is 32.2. The highest BCUT2D eigenvalue weighted by Gasteiger charge is 2.13. The summed E-state index contributed by atoms with van der Waals surface area (Å²) in [5.74, 6) is 0.305. The average molecular weight is 364 g/mol. The number of hydrogen-bond donors (Lipinski definition) is 2. The van der Waals surface area contributed by atoms with Crippen LogP contribution in [0, 0.1) is 0 Å². The Kier molecular flexibility index (Phi) is 6.24. The van der Waals surface area contributed by atoms with E-state index in [4.69, 9.17) is 9.47 Å². The zero-order chi connectivity index (χ0) is 18.3. The summed E-state index contributed by atoms with van der Waals surface area (Å²) in [6, 6.07) is 13.3. The first kappa shape index (κ1) is 18.6. The molecule has 0 aliphatic heterocycles. The van der Waals surface area contributed by atoms with Crippen LogP contribution >= 0.6 is 0 Å². The van der Waals surface area contributed by atoms with Crippen molar-refractivity contribution in [1.82, 2.24) is 5.32 Å². The first-order chi connectivity index (χ1) is 11.9. The second-order valence-corrected chi connectivity index (χ2v) is 6.95. The second-order valence-electron chi connectivity index (χ2n) is 5.11. The summed E-state index contributed by atoms with van der Waals surface area (Å²) in [5.41, 5.74) is 0.833. The molecule has 0 spiro atoms. The lowest BCUT2D eigenvalue weighted by atomic mass is 10.2. The zero-order valence-electron chi connectivity index (χ0n) is 14.0. The first-order valence-corrected chi connectivity index (χ1v) is 9.16. The maximum absolute atomic E-state index is 12.1. The van der Waals surface area contributed by atoms with Crippen LogP contribution in [-0.4, -0.2) is 40.8 Å². The van der Waals surface area contributed by atoms with E-state index in [1.807, 2.05) is 0 Å². The van der Waals surface area contributed by atoms with E-state index in [9.17, 15) is 13.2 Å². The molecule has 134 valence electrons. The van der Waals surface area contributed by atoms with E-state index >= 15 is 0 Å². The Morgan fingerprint density at radius 3 is 2.32 bits per heavy atom. The van der Waals surface area contributed by atoms with Crippen molar-refractivity contribution in [3.63, 3.8) is 0 Å². The summed E-state index contributed by atoms with van der Waals surface area (Å²) < 4.78 is 36.7. The van der Waals surface area contributed by atoms with Gasteiger partial charge in [-0.25, -0.2) is 8.42 Å². The quantitative estimate of drug-likeness (QED) is 0.746.